The van der Waals surface area contributed by atoms with Crippen LogP contribution in [-0.2, 0) is 9.53 Å². The monoisotopic (exact) mass is 420 g/mol. The number of ether oxygens (including phenoxy) is 1. The fourth-order valence-corrected chi connectivity index (χ4v) is 3.04. The number of nitro groups is 1. The molecule has 1 fully saturated rings. The van der Waals surface area contributed by atoms with Gasteiger partial charge in [-0.3, -0.25) is 20.2 Å². The first-order valence-corrected chi connectivity index (χ1v) is 9.95. The summed E-state index contributed by atoms with van der Waals surface area (Å²) < 4.78 is 5.02. The van der Waals surface area contributed by atoms with Crippen molar-refractivity contribution in [2.24, 2.45) is 11.8 Å². The highest BCUT2D eigenvalue weighted by atomic mass is 16.6. The zero-order valence-electron chi connectivity index (χ0n) is 17.5. The Labute approximate surface area is 175 Å². The molecule has 0 spiro atoms. The summed E-state index contributed by atoms with van der Waals surface area (Å²) in [4.78, 5) is 48.6. The van der Waals surface area contributed by atoms with E-state index in [1.165, 1.54) is 12.1 Å². The second-order valence-corrected chi connectivity index (χ2v) is 7.86. The SMILES string of the molecule is CC(C)CNC(=O)NC(=O)COC(=O)c1cc([N+](=O)[O-])ccc1N1CCC(C)CC1. The summed E-state index contributed by atoms with van der Waals surface area (Å²) >= 11 is 0. The van der Waals surface area contributed by atoms with Crippen LogP contribution in [0.4, 0.5) is 16.2 Å². The quantitative estimate of drug-likeness (QED) is 0.393. The number of carbonyl (C=O) groups excluding carboxylic acids is 3. The number of rotatable bonds is 7. The molecule has 1 aromatic carbocycles. The molecule has 10 nitrogen and oxygen atoms in total. The minimum atomic E-state index is -0.856. The highest BCUT2D eigenvalue weighted by molar-refractivity contribution is 5.99. The molecule has 1 heterocycles. The Bertz CT molecular complexity index is 802. The molecule has 3 amide bonds. The number of amides is 3. The number of piperidine rings is 1. The molecule has 0 unspecified atom stereocenters. The molecule has 0 atom stereocenters. The van der Waals surface area contributed by atoms with Gasteiger partial charge >= 0.3 is 12.0 Å². The van der Waals surface area contributed by atoms with Crippen LogP contribution in [0.5, 0.6) is 0 Å². The minimum absolute atomic E-state index is 0.0239. The van der Waals surface area contributed by atoms with Gasteiger partial charge < -0.3 is 15.0 Å². The Morgan fingerprint density at radius 2 is 1.93 bits per heavy atom. The van der Waals surface area contributed by atoms with Crippen LogP contribution in [0.3, 0.4) is 0 Å². The molecule has 0 saturated carbocycles. The number of nitrogens with one attached hydrogen (secondary N) is 2. The van der Waals surface area contributed by atoms with Crippen LogP contribution in [-0.4, -0.2) is 49.1 Å². The van der Waals surface area contributed by atoms with E-state index in [2.05, 4.69) is 17.6 Å². The first-order chi connectivity index (χ1) is 14.2. The zero-order valence-corrected chi connectivity index (χ0v) is 17.5. The lowest BCUT2D eigenvalue weighted by Crippen LogP contribution is -2.42. The van der Waals surface area contributed by atoms with Gasteiger partial charge in [0.2, 0.25) is 0 Å². The average molecular weight is 420 g/mol. The van der Waals surface area contributed by atoms with Gasteiger partial charge in [0.25, 0.3) is 11.6 Å². The Morgan fingerprint density at radius 1 is 1.27 bits per heavy atom. The lowest BCUT2D eigenvalue weighted by molar-refractivity contribution is -0.384. The van der Waals surface area contributed by atoms with Gasteiger partial charge in [0.05, 0.1) is 16.2 Å². The van der Waals surface area contributed by atoms with Crippen molar-refractivity contribution in [3.05, 3.63) is 33.9 Å². The topological polar surface area (TPSA) is 131 Å². The van der Waals surface area contributed by atoms with E-state index in [9.17, 15) is 24.5 Å². The van der Waals surface area contributed by atoms with Crippen LogP contribution in [0.15, 0.2) is 18.2 Å². The number of nitrogens with zero attached hydrogens (tertiary/aromatic N) is 2. The third-order valence-electron chi connectivity index (χ3n) is 4.79. The second kappa shape index (κ2) is 10.6. The van der Waals surface area contributed by atoms with Crippen molar-refractivity contribution in [3.63, 3.8) is 0 Å². The second-order valence-electron chi connectivity index (χ2n) is 7.86. The number of urea groups is 1. The van der Waals surface area contributed by atoms with E-state index in [-0.39, 0.29) is 17.2 Å². The number of anilines is 1. The van der Waals surface area contributed by atoms with Crippen LogP contribution in [0, 0.1) is 22.0 Å². The lowest BCUT2D eigenvalue weighted by Gasteiger charge is -2.33. The minimum Gasteiger partial charge on any atom is -0.452 e. The summed E-state index contributed by atoms with van der Waals surface area (Å²) in [6.07, 6.45) is 1.89. The maximum Gasteiger partial charge on any atom is 0.341 e. The Hall–Kier alpha value is -3.17. The molecule has 1 saturated heterocycles. The van der Waals surface area contributed by atoms with E-state index in [4.69, 9.17) is 4.74 Å². The molecule has 0 aromatic heterocycles. The summed E-state index contributed by atoms with van der Waals surface area (Å²) in [6, 6.07) is 3.35. The summed E-state index contributed by atoms with van der Waals surface area (Å²) in [7, 11) is 0. The summed E-state index contributed by atoms with van der Waals surface area (Å²) in [6.45, 7) is 7.12. The van der Waals surface area contributed by atoms with Crippen molar-refractivity contribution in [1.82, 2.24) is 10.6 Å². The van der Waals surface area contributed by atoms with Gasteiger partial charge in [0.1, 0.15) is 0 Å². The number of hydrogen-bond acceptors (Lipinski definition) is 7. The normalized spacial score (nSPS) is 14.3. The lowest BCUT2D eigenvalue weighted by atomic mass is 9.98. The van der Waals surface area contributed by atoms with Gasteiger partial charge in [0.15, 0.2) is 6.61 Å². The van der Waals surface area contributed by atoms with E-state index in [1.54, 1.807) is 0 Å². The average Bonchev–Trinajstić information content (AvgIpc) is 2.70. The molecular formula is C20H28N4O6. The Kier molecular flexibility index (Phi) is 8.14. The molecule has 0 bridgehead atoms. The molecule has 1 aliphatic heterocycles. The van der Waals surface area contributed by atoms with Crippen LogP contribution < -0.4 is 15.5 Å². The largest absolute Gasteiger partial charge is 0.452 e. The summed E-state index contributed by atoms with van der Waals surface area (Å²) in [5.74, 6) is -0.859. The maximum atomic E-state index is 12.6. The third-order valence-corrected chi connectivity index (χ3v) is 4.79. The fourth-order valence-electron chi connectivity index (χ4n) is 3.04. The van der Waals surface area contributed by atoms with Crippen molar-refractivity contribution >= 4 is 29.3 Å². The van der Waals surface area contributed by atoms with Crippen LogP contribution in [0.1, 0.15) is 44.0 Å². The van der Waals surface area contributed by atoms with Crippen molar-refractivity contribution in [2.45, 2.75) is 33.6 Å². The highest BCUT2D eigenvalue weighted by Crippen LogP contribution is 2.29. The fraction of sp³-hybridized carbons (Fsp3) is 0.550. The number of carbonyl (C=O) groups is 3. The van der Waals surface area contributed by atoms with E-state index in [0.29, 0.717) is 18.2 Å². The van der Waals surface area contributed by atoms with Crippen LogP contribution in [0.2, 0.25) is 0 Å². The van der Waals surface area contributed by atoms with Gasteiger partial charge in [0, 0.05) is 31.8 Å². The number of benzene rings is 1. The van der Waals surface area contributed by atoms with Crippen LogP contribution in [0.25, 0.3) is 0 Å². The number of non-ortho nitro benzene ring substituents is 1. The summed E-state index contributed by atoms with van der Waals surface area (Å²) in [5.41, 5.74) is 0.317. The zero-order chi connectivity index (χ0) is 22.3. The van der Waals surface area contributed by atoms with Crippen LogP contribution >= 0.6 is 0 Å². The Balaban J connectivity index is 2.05. The number of imide groups is 1. The van der Waals surface area contributed by atoms with Gasteiger partial charge in [-0.2, -0.15) is 0 Å². The first-order valence-electron chi connectivity index (χ1n) is 9.95. The van der Waals surface area contributed by atoms with E-state index < -0.39 is 29.4 Å². The molecule has 1 aliphatic rings. The Morgan fingerprint density at radius 3 is 2.53 bits per heavy atom. The molecule has 2 N–H and O–H groups in total. The van der Waals surface area contributed by atoms with Gasteiger partial charge in [-0.1, -0.05) is 20.8 Å². The molecule has 1 aromatic rings. The molecular weight excluding hydrogens is 392 g/mol. The first kappa shape index (κ1) is 23.1. The van der Waals surface area contributed by atoms with Crippen molar-refractivity contribution in [3.8, 4) is 0 Å². The molecule has 164 valence electrons. The van der Waals surface area contributed by atoms with Gasteiger partial charge in [-0.05, 0) is 30.7 Å². The number of esters is 1. The van der Waals surface area contributed by atoms with Crippen molar-refractivity contribution in [1.29, 1.82) is 0 Å². The highest BCUT2D eigenvalue weighted by Gasteiger charge is 2.25. The van der Waals surface area contributed by atoms with Gasteiger partial charge in [-0.25, -0.2) is 9.59 Å². The number of nitro benzene ring substituents is 1. The van der Waals surface area contributed by atoms with Crippen molar-refractivity contribution < 1.29 is 24.0 Å². The predicted octanol–water partition coefficient (Wildman–Crippen LogP) is 2.47. The molecule has 2 rings (SSSR count). The summed E-state index contributed by atoms with van der Waals surface area (Å²) in [5, 5.41) is 15.7. The smallest absolute Gasteiger partial charge is 0.341 e. The van der Waals surface area contributed by atoms with E-state index >= 15 is 0 Å². The standard InChI is InChI=1S/C20H28N4O6/c1-13(2)11-21-20(27)22-18(25)12-30-19(26)16-10-15(24(28)29)4-5-17(16)23-8-6-14(3)7-9-23/h4-5,10,13-14H,6-9,11-12H2,1-3H3,(H2,21,22,25,27). The molecule has 30 heavy (non-hydrogen) atoms. The molecule has 10 heteroatoms. The van der Waals surface area contributed by atoms with E-state index in [0.717, 1.165) is 32.0 Å². The third kappa shape index (κ3) is 6.71. The van der Waals surface area contributed by atoms with Crippen molar-refractivity contribution in [2.75, 3.05) is 31.1 Å². The number of hydrogen-bond donors (Lipinski definition) is 2. The van der Waals surface area contributed by atoms with E-state index in [1.807, 2.05) is 18.7 Å². The molecule has 0 aliphatic carbocycles. The van der Waals surface area contributed by atoms with Gasteiger partial charge in [-0.15, -0.1) is 0 Å². The predicted molar refractivity (Wildman–Crippen MR) is 110 cm³/mol. The maximum absolute atomic E-state index is 12.6. The molecule has 0 radical (unpaired) electrons.